The predicted molar refractivity (Wildman–Crippen MR) is 104 cm³/mol. The van der Waals surface area contributed by atoms with Gasteiger partial charge in [0.25, 0.3) is 5.91 Å². The SMILES string of the molecule is CCOc1ccc(C(=O)N2CCNC(=O)C2CC(=O)OCC(C)C)cc1Br. The summed E-state index contributed by atoms with van der Waals surface area (Å²) in [5.74, 6) is -0.305. The fourth-order valence-electron chi connectivity index (χ4n) is 2.71. The second kappa shape index (κ2) is 9.73. The Hall–Kier alpha value is -2.09. The quantitative estimate of drug-likeness (QED) is 0.657. The summed E-state index contributed by atoms with van der Waals surface area (Å²) in [6.07, 6.45) is -0.164. The molecule has 2 amide bonds. The van der Waals surface area contributed by atoms with Crippen LogP contribution in [0, 0.1) is 5.92 Å². The lowest BCUT2D eigenvalue weighted by Gasteiger charge is -2.34. The van der Waals surface area contributed by atoms with Crippen LogP contribution >= 0.6 is 15.9 Å². The fourth-order valence-corrected chi connectivity index (χ4v) is 3.20. The first-order valence-corrected chi connectivity index (χ1v) is 9.79. The molecule has 27 heavy (non-hydrogen) atoms. The number of carbonyl (C=O) groups excluding carboxylic acids is 3. The molecule has 1 unspecified atom stereocenters. The number of esters is 1. The first kappa shape index (κ1) is 21.2. The Morgan fingerprint density at radius 2 is 2.11 bits per heavy atom. The summed E-state index contributed by atoms with van der Waals surface area (Å²) in [4.78, 5) is 38.7. The van der Waals surface area contributed by atoms with Gasteiger partial charge in [0.05, 0.1) is 24.1 Å². The van der Waals surface area contributed by atoms with E-state index in [9.17, 15) is 14.4 Å². The van der Waals surface area contributed by atoms with Crippen molar-refractivity contribution in [1.82, 2.24) is 10.2 Å². The minimum absolute atomic E-state index is 0.164. The summed E-state index contributed by atoms with van der Waals surface area (Å²) in [5.41, 5.74) is 0.417. The van der Waals surface area contributed by atoms with E-state index in [2.05, 4.69) is 21.2 Å². The molecule has 1 saturated heterocycles. The third kappa shape index (κ3) is 5.69. The van der Waals surface area contributed by atoms with E-state index in [1.165, 1.54) is 4.90 Å². The number of carbonyl (C=O) groups is 3. The van der Waals surface area contributed by atoms with Gasteiger partial charge in [-0.1, -0.05) is 13.8 Å². The second-order valence-corrected chi connectivity index (χ2v) is 7.52. The lowest BCUT2D eigenvalue weighted by atomic mass is 10.1. The number of ether oxygens (including phenoxy) is 2. The number of piperazine rings is 1. The average molecular weight is 441 g/mol. The molecule has 0 saturated carbocycles. The molecule has 1 aromatic carbocycles. The Labute approximate surface area is 167 Å². The third-order valence-corrected chi connectivity index (χ3v) is 4.63. The highest BCUT2D eigenvalue weighted by Crippen LogP contribution is 2.27. The molecule has 0 bridgehead atoms. The predicted octanol–water partition coefficient (Wildman–Crippen LogP) is 2.38. The van der Waals surface area contributed by atoms with Crippen molar-refractivity contribution >= 4 is 33.7 Å². The molecule has 1 N–H and O–H groups in total. The molecule has 0 spiro atoms. The Morgan fingerprint density at radius 3 is 2.74 bits per heavy atom. The van der Waals surface area contributed by atoms with Crippen LogP contribution in [-0.4, -0.2) is 55.0 Å². The molecule has 0 aliphatic carbocycles. The Morgan fingerprint density at radius 1 is 1.37 bits per heavy atom. The molecule has 0 aromatic heterocycles. The fraction of sp³-hybridized carbons (Fsp3) is 0.526. The summed E-state index contributed by atoms with van der Waals surface area (Å²) in [6, 6.07) is 4.14. The Kier molecular flexibility index (Phi) is 7.65. The Bertz CT molecular complexity index is 707. The summed E-state index contributed by atoms with van der Waals surface area (Å²) < 4.78 is 11.3. The van der Waals surface area contributed by atoms with Crippen LogP contribution in [0.3, 0.4) is 0 Å². The summed E-state index contributed by atoms with van der Waals surface area (Å²) in [5, 5.41) is 2.71. The molecular weight excluding hydrogens is 416 g/mol. The zero-order valence-electron chi connectivity index (χ0n) is 15.8. The number of hydrogen-bond donors (Lipinski definition) is 1. The minimum Gasteiger partial charge on any atom is -0.493 e. The van der Waals surface area contributed by atoms with Gasteiger partial charge in [0, 0.05) is 18.7 Å². The van der Waals surface area contributed by atoms with Crippen LogP contribution in [0.25, 0.3) is 0 Å². The van der Waals surface area contributed by atoms with Crippen LogP contribution < -0.4 is 10.1 Å². The number of hydrogen-bond acceptors (Lipinski definition) is 5. The lowest BCUT2D eigenvalue weighted by molar-refractivity contribution is -0.148. The minimum atomic E-state index is -0.878. The molecule has 1 aliphatic rings. The van der Waals surface area contributed by atoms with Crippen molar-refractivity contribution in [3.8, 4) is 5.75 Å². The number of amides is 2. The van der Waals surface area contributed by atoms with Gasteiger partial charge < -0.3 is 19.7 Å². The van der Waals surface area contributed by atoms with Crippen LogP contribution in [-0.2, 0) is 14.3 Å². The molecule has 1 heterocycles. The van der Waals surface area contributed by atoms with Crippen molar-refractivity contribution < 1.29 is 23.9 Å². The molecule has 2 rings (SSSR count). The van der Waals surface area contributed by atoms with Crippen LogP contribution in [0.5, 0.6) is 5.75 Å². The van der Waals surface area contributed by atoms with Gasteiger partial charge in [0.1, 0.15) is 11.8 Å². The van der Waals surface area contributed by atoms with Crippen molar-refractivity contribution in [2.24, 2.45) is 5.92 Å². The zero-order chi connectivity index (χ0) is 20.0. The van der Waals surface area contributed by atoms with Crippen molar-refractivity contribution in [2.75, 3.05) is 26.3 Å². The van der Waals surface area contributed by atoms with Crippen molar-refractivity contribution in [3.63, 3.8) is 0 Å². The van der Waals surface area contributed by atoms with Gasteiger partial charge in [-0.05, 0) is 47.0 Å². The second-order valence-electron chi connectivity index (χ2n) is 6.66. The van der Waals surface area contributed by atoms with Gasteiger partial charge in [0.15, 0.2) is 0 Å². The monoisotopic (exact) mass is 440 g/mol. The van der Waals surface area contributed by atoms with E-state index in [1.54, 1.807) is 18.2 Å². The molecule has 1 aliphatic heterocycles. The number of nitrogens with one attached hydrogen (secondary N) is 1. The van der Waals surface area contributed by atoms with Gasteiger partial charge in [-0.3, -0.25) is 14.4 Å². The maximum absolute atomic E-state index is 13.0. The highest BCUT2D eigenvalue weighted by molar-refractivity contribution is 9.10. The van der Waals surface area contributed by atoms with Crippen LogP contribution in [0.15, 0.2) is 22.7 Å². The van der Waals surface area contributed by atoms with Crippen molar-refractivity contribution in [2.45, 2.75) is 33.2 Å². The normalized spacial score (nSPS) is 16.9. The number of halogens is 1. The summed E-state index contributed by atoms with van der Waals surface area (Å²) in [7, 11) is 0. The highest BCUT2D eigenvalue weighted by atomic mass is 79.9. The van der Waals surface area contributed by atoms with Gasteiger partial charge in [0.2, 0.25) is 5.91 Å². The molecule has 0 radical (unpaired) electrons. The summed E-state index contributed by atoms with van der Waals surface area (Å²) >= 11 is 3.39. The summed E-state index contributed by atoms with van der Waals surface area (Å²) in [6.45, 7) is 7.21. The maximum Gasteiger partial charge on any atom is 0.308 e. The van der Waals surface area contributed by atoms with Crippen LogP contribution in [0.4, 0.5) is 0 Å². The number of benzene rings is 1. The van der Waals surface area contributed by atoms with E-state index < -0.39 is 12.0 Å². The largest absolute Gasteiger partial charge is 0.493 e. The third-order valence-electron chi connectivity index (χ3n) is 4.01. The number of nitrogens with zero attached hydrogens (tertiary/aromatic N) is 1. The topological polar surface area (TPSA) is 84.9 Å². The molecular formula is C19H25BrN2O5. The zero-order valence-corrected chi connectivity index (χ0v) is 17.4. The van der Waals surface area contributed by atoms with E-state index in [1.807, 2.05) is 20.8 Å². The van der Waals surface area contributed by atoms with E-state index in [-0.39, 0.29) is 30.8 Å². The van der Waals surface area contributed by atoms with Gasteiger partial charge in [-0.15, -0.1) is 0 Å². The van der Waals surface area contributed by atoms with Gasteiger partial charge in [-0.2, -0.15) is 0 Å². The molecule has 1 atom stereocenters. The standard InChI is InChI=1S/C19H25BrN2O5/c1-4-26-16-6-5-13(9-14(16)20)19(25)22-8-7-21-18(24)15(22)10-17(23)27-11-12(2)3/h5-6,9,12,15H,4,7-8,10-11H2,1-3H3,(H,21,24). The van der Waals surface area contributed by atoms with Crippen LogP contribution in [0.1, 0.15) is 37.6 Å². The smallest absolute Gasteiger partial charge is 0.308 e. The highest BCUT2D eigenvalue weighted by Gasteiger charge is 2.35. The van der Waals surface area contributed by atoms with Crippen molar-refractivity contribution in [3.05, 3.63) is 28.2 Å². The van der Waals surface area contributed by atoms with Crippen molar-refractivity contribution in [1.29, 1.82) is 0 Å². The van der Waals surface area contributed by atoms with E-state index >= 15 is 0 Å². The van der Waals surface area contributed by atoms with Crippen LogP contribution in [0.2, 0.25) is 0 Å². The first-order chi connectivity index (χ1) is 12.8. The molecule has 7 nitrogen and oxygen atoms in total. The maximum atomic E-state index is 13.0. The molecule has 148 valence electrons. The van der Waals surface area contributed by atoms with Gasteiger partial charge >= 0.3 is 5.97 Å². The van der Waals surface area contributed by atoms with Gasteiger partial charge in [-0.25, -0.2) is 0 Å². The first-order valence-electron chi connectivity index (χ1n) is 9.00. The molecule has 1 fully saturated rings. The molecule has 1 aromatic rings. The lowest BCUT2D eigenvalue weighted by Crippen LogP contribution is -2.57. The van der Waals surface area contributed by atoms with E-state index in [0.717, 1.165) is 0 Å². The average Bonchev–Trinajstić information content (AvgIpc) is 2.63. The van der Waals surface area contributed by atoms with E-state index in [0.29, 0.717) is 35.5 Å². The molecule has 8 heteroatoms. The number of rotatable bonds is 7. The Balaban J connectivity index is 2.15. The van der Waals surface area contributed by atoms with E-state index in [4.69, 9.17) is 9.47 Å².